The molecule has 6 heteroatoms. The lowest BCUT2D eigenvalue weighted by molar-refractivity contribution is -0.124. The number of rotatable bonds is 4. The van der Waals surface area contributed by atoms with E-state index in [9.17, 15) is 13.6 Å². The van der Waals surface area contributed by atoms with E-state index in [4.69, 9.17) is 4.74 Å². The molecule has 2 aromatic rings. The molecule has 1 unspecified atom stereocenters. The number of nitrogens with one attached hydrogen (secondary N) is 1. The molecule has 0 bridgehead atoms. The SMILES string of the molecule is C[C@@H]1Nc2ccc(Br)c(Oc3ccc(F)c(F)c3)c2CC1C(=O)C1CC1. The Morgan fingerprint density at radius 1 is 1.19 bits per heavy atom. The highest BCUT2D eigenvalue weighted by molar-refractivity contribution is 9.10. The van der Waals surface area contributed by atoms with Gasteiger partial charge in [-0.1, -0.05) is 0 Å². The number of hydrogen-bond acceptors (Lipinski definition) is 3. The van der Waals surface area contributed by atoms with Gasteiger partial charge in [0.2, 0.25) is 0 Å². The summed E-state index contributed by atoms with van der Waals surface area (Å²) >= 11 is 3.47. The number of Topliss-reactive ketones (excluding diaryl/α,β-unsaturated/α-hetero) is 1. The third-order valence-electron chi connectivity index (χ3n) is 5.08. The molecular formula is C20H18BrF2NO2. The van der Waals surface area contributed by atoms with Gasteiger partial charge in [-0.2, -0.15) is 0 Å². The van der Waals surface area contributed by atoms with E-state index >= 15 is 0 Å². The minimum absolute atomic E-state index is 0.0490. The van der Waals surface area contributed by atoms with Gasteiger partial charge in [0.15, 0.2) is 11.6 Å². The standard InChI is InChI=1S/C20H18BrF2NO2/c1-10-13(19(25)11-2-3-11)9-14-18(24-10)7-5-15(21)20(14)26-12-4-6-16(22)17(23)8-12/h4-8,10-11,13,24H,2-3,9H2,1H3/t10-,13?/m0/s1. The van der Waals surface area contributed by atoms with Gasteiger partial charge in [0.1, 0.15) is 17.3 Å². The van der Waals surface area contributed by atoms with Crippen molar-refractivity contribution in [1.82, 2.24) is 0 Å². The van der Waals surface area contributed by atoms with Gasteiger partial charge in [-0.05, 0) is 66.4 Å². The van der Waals surface area contributed by atoms with Crippen LogP contribution in [-0.4, -0.2) is 11.8 Å². The number of ether oxygens (including phenoxy) is 1. The van der Waals surface area contributed by atoms with Gasteiger partial charge < -0.3 is 10.1 Å². The van der Waals surface area contributed by atoms with E-state index in [-0.39, 0.29) is 23.6 Å². The first-order valence-corrected chi connectivity index (χ1v) is 9.48. The molecule has 4 rings (SSSR count). The first kappa shape index (κ1) is 17.5. The normalized spacial score (nSPS) is 21.7. The molecule has 0 saturated heterocycles. The van der Waals surface area contributed by atoms with Gasteiger partial charge in [-0.25, -0.2) is 8.78 Å². The summed E-state index contributed by atoms with van der Waals surface area (Å²) in [5.74, 6) is -0.767. The maximum atomic E-state index is 13.5. The molecule has 0 radical (unpaired) electrons. The second-order valence-corrected chi connectivity index (χ2v) is 7.86. The van der Waals surface area contributed by atoms with E-state index in [1.165, 1.54) is 6.07 Å². The van der Waals surface area contributed by atoms with Crippen LogP contribution in [-0.2, 0) is 11.2 Å². The first-order valence-electron chi connectivity index (χ1n) is 8.68. The molecule has 0 amide bonds. The highest BCUT2D eigenvalue weighted by atomic mass is 79.9. The van der Waals surface area contributed by atoms with Crippen molar-refractivity contribution in [3.05, 3.63) is 52.0 Å². The first-order chi connectivity index (χ1) is 12.4. The van der Waals surface area contributed by atoms with Gasteiger partial charge >= 0.3 is 0 Å². The zero-order valence-corrected chi connectivity index (χ0v) is 15.8. The monoisotopic (exact) mass is 421 g/mol. The number of halogens is 3. The summed E-state index contributed by atoms with van der Waals surface area (Å²) in [7, 11) is 0. The average molecular weight is 422 g/mol. The van der Waals surface area contributed by atoms with Crippen LogP contribution in [0.1, 0.15) is 25.3 Å². The fourth-order valence-corrected chi connectivity index (χ4v) is 3.92. The number of carbonyl (C=O) groups is 1. The maximum Gasteiger partial charge on any atom is 0.162 e. The summed E-state index contributed by atoms with van der Waals surface area (Å²) in [6, 6.07) is 7.27. The fraction of sp³-hybridized carbons (Fsp3) is 0.350. The zero-order valence-electron chi connectivity index (χ0n) is 14.2. The van der Waals surface area contributed by atoms with E-state index in [0.717, 1.165) is 36.2 Å². The van der Waals surface area contributed by atoms with Gasteiger partial charge in [0.25, 0.3) is 0 Å². The third kappa shape index (κ3) is 3.22. The smallest absolute Gasteiger partial charge is 0.162 e. The molecule has 0 spiro atoms. The van der Waals surface area contributed by atoms with Crippen LogP contribution in [0.25, 0.3) is 0 Å². The van der Waals surface area contributed by atoms with Gasteiger partial charge in [-0.15, -0.1) is 0 Å². The molecule has 1 N–H and O–H groups in total. The fourth-order valence-electron chi connectivity index (χ4n) is 3.47. The Bertz CT molecular complexity index is 882. The van der Waals surface area contributed by atoms with Crippen LogP contribution in [0.3, 0.4) is 0 Å². The molecule has 136 valence electrons. The minimum atomic E-state index is -0.961. The lowest BCUT2D eigenvalue weighted by atomic mass is 9.83. The van der Waals surface area contributed by atoms with Gasteiger partial charge in [0, 0.05) is 35.2 Å². The van der Waals surface area contributed by atoms with Crippen LogP contribution >= 0.6 is 15.9 Å². The molecular weight excluding hydrogens is 404 g/mol. The quantitative estimate of drug-likeness (QED) is 0.710. The number of anilines is 1. The van der Waals surface area contributed by atoms with Crippen LogP contribution in [0.2, 0.25) is 0 Å². The molecule has 26 heavy (non-hydrogen) atoms. The van der Waals surface area contributed by atoms with Crippen LogP contribution in [0, 0.1) is 23.5 Å². The summed E-state index contributed by atoms with van der Waals surface area (Å²) in [4.78, 5) is 12.6. The molecule has 1 heterocycles. The van der Waals surface area contributed by atoms with Crippen molar-refractivity contribution in [1.29, 1.82) is 0 Å². The molecule has 1 fully saturated rings. The maximum absolute atomic E-state index is 13.5. The molecule has 2 atom stereocenters. The topological polar surface area (TPSA) is 38.3 Å². The number of carbonyl (C=O) groups excluding carboxylic acids is 1. The highest BCUT2D eigenvalue weighted by Crippen LogP contribution is 2.44. The number of hydrogen-bond donors (Lipinski definition) is 1. The Morgan fingerprint density at radius 2 is 1.96 bits per heavy atom. The second kappa shape index (κ2) is 6.65. The summed E-state index contributed by atoms with van der Waals surface area (Å²) in [6.07, 6.45) is 2.52. The summed E-state index contributed by atoms with van der Waals surface area (Å²) in [6.45, 7) is 2.02. The Kier molecular flexibility index (Phi) is 4.47. The van der Waals surface area contributed by atoms with E-state index < -0.39 is 11.6 Å². The van der Waals surface area contributed by atoms with Gasteiger partial charge in [-0.3, -0.25) is 4.79 Å². The average Bonchev–Trinajstić information content (AvgIpc) is 3.45. The zero-order chi connectivity index (χ0) is 18.4. The van der Waals surface area contributed by atoms with Crippen molar-refractivity contribution >= 4 is 27.4 Å². The Morgan fingerprint density at radius 3 is 2.65 bits per heavy atom. The van der Waals surface area contributed by atoms with Crippen molar-refractivity contribution in [2.45, 2.75) is 32.2 Å². The summed E-state index contributed by atoms with van der Waals surface area (Å²) in [5.41, 5.74) is 1.78. The van der Waals surface area contributed by atoms with E-state index in [0.29, 0.717) is 22.4 Å². The van der Waals surface area contributed by atoms with Crippen molar-refractivity contribution in [3.63, 3.8) is 0 Å². The number of benzene rings is 2. The largest absolute Gasteiger partial charge is 0.456 e. The number of fused-ring (bicyclic) bond motifs is 1. The number of ketones is 1. The molecule has 0 aromatic heterocycles. The predicted octanol–water partition coefficient (Wildman–Crippen LogP) is 5.47. The second-order valence-electron chi connectivity index (χ2n) is 7.00. The summed E-state index contributed by atoms with van der Waals surface area (Å²) in [5, 5.41) is 3.39. The van der Waals surface area contributed by atoms with Crippen molar-refractivity contribution < 1.29 is 18.3 Å². The Balaban J connectivity index is 1.69. The summed E-state index contributed by atoms with van der Waals surface area (Å²) < 4.78 is 33.3. The minimum Gasteiger partial charge on any atom is -0.456 e. The lowest BCUT2D eigenvalue weighted by Crippen LogP contribution is -2.38. The van der Waals surface area contributed by atoms with E-state index in [1.807, 2.05) is 19.1 Å². The molecule has 1 aliphatic carbocycles. The van der Waals surface area contributed by atoms with E-state index in [2.05, 4.69) is 21.2 Å². The molecule has 2 aromatic carbocycles. The predicted molar refractivity (Wildman–Crippen MR) is 98.6 cm³/mol. The molecule has 2 aliphatic rings. The Labute approximate surface area is 158 Å². The van der Waals surface area contributed by atoms with Crippen LogP contribution in [0.5, 0.6) is 11.5 Å². The van der Waals surface area contributed by atoms with Crippen molar-refractivity contribution in [2.24, 2.45) is 11.8 Å². The highest BCUT2D eigenvalue weighted by Gasteiger charge is 2.40. The lowest BCUT2D eigenvalue weighted by Gasteiger charge is -2.33. The van der Waals surface area contributed by atoms with Crippen molar-refractivity contribution in [2.75, 3.05) is 5.32 Å². The van der Waals surface area contributed by atoms with Crippen LogP contribution in [0.15, 0.2) is 34.8 Å². The van der Waals surface area contributed by atoms with Crippen LogP contribution < -0.4 is 10.1 Å². The molecule has 1 aliphatic heterocycles. The van der Waals surface area contributed by atoms with Crippen molar-refractivity contribution in [3.8, 4) is 11.5 Å². The molecule has 1 saturated carbocycles. The van der Waals surface area contributed by atoms with Gasteiger partial charge in [0.05, 0.1) is 4.47 Å². The van der Waals surface area contributed by atoms with Crippen LogP contribution in [0.4, 0.5) is 14.5 Å². The van der Waals surface area contributed by atoms with E-state index in [1.54, 1.807) is 0 Å². The Hall–Kier alpha value is -1.95. The third-order valence-corrected chi connectivity index (χ3v) is 5.70. The molecule has 3 nitrogen and oxygen atoms in total.